The Labute approximate surface area is 221 Å². The van der Waals surface area contributed by atoms with E-state index < -0.39 is 5.92 Å². The van der Waals surface area contributed by atoms with Gasteiger partial charge in [0.15, 0.2) is 23.0 Å². The molecule has 1 aliphatic rings. The third kappa shape index (κ3) is 5.04. The van der Waals surface area contributed by atoms with E-state index in [9.17, 15) is 14.0 Å². The summed E-state index contributed by atoms with van der Waals surface area (Å²) in [6.45, 7) is 1.23. The van der Waals surface area contributed by atoms with Gasteiger partial charge in [0.1, 0.15) is 40.9 Å². The lowest BCUT2D eigenvalue weighted by Crippen LogP contribution is -2.25. The highest BCUT2D eigenvalue weighted by Gasteiger charge is 2.38. The van der Waals surface area contributed by atoms with E-state index >= 15 is 0 Å². The molecule has 0 saturated heterocycles. The number of alkyl halides is 2. The zero-order valence-electron chi connectivity index (χ0n) is 21.2. The van der Waals surface area contributed by atoms with Crippen LogP contribution < -0.4 is 20.5 Å². The van der Waals surface area contributed by atoms with E-state index in [-0.39, 0.29) is 46.6 Å². The van der Waals surface area contributed by atoms with E-state index in [1.807, 2.05) is 0 Å². The van der Waals surface area contributed by atoms with Gasteiger partial charge >= 0.3 is 0 Å². The van der Waals surface area contributed by atoms with Crippen LogP contribution in [0.4, 0.5) is 20.5 Å². The van der Waals surface area contributed by atoms with Crippen LogP contribution in [-0.4, -0.2) is 49.6 Å². The average molecular weight is 538 g/mol. The lowest BCUT2D eigenvalue weighted by Gasteiger charge is -2.22. The topological polar surface area (TPSA) is 151 Å². The first-order valence-electron chi connectivity index (χ1n) is 12.0. The van der Waals surface area contributed by atoms with Crippen molar-refractivity contribution in [3.8, 4) is 17.6 Å². The second kappa shape index (κ2) is 10.5. The molecule has 4 aromatic rings. The van der Waals surface area contributed by atoms with Crippen LogP contribution in [0.15, 0.2) is 36.8 Å². The van der Waals surface area contributed by atoms with Crippen LogP contribution in [-0.2, 0) is 24.3 Å². The Morgan fingerprint density at radius 3 is 2.82 bits per heavy atom. The standard InChI is InChI=1S/C25H25F2N9O3/c1-35-22-16(11-28)19(39-18(12-29)17-5-4-15(13-30-17)38-9-8-37-2)14-31-23(22)33-24(35)32-21-10-20-25(26,27)6-3-7-36(20)34-21/h4-5,10,12-14H,3,6-9,29H2,1-2H3,(H,31,32,33,34)/b18-12+. The Morgan fingerprint density at radius 1 is 1.28 bits per heavy atom. The largest absolute Gasteiger partial charge is 0.490 e. The molecule has 0 aromatic carbocycles. The van der Waals surface area contributed by atoms with E-state index in [1.165, 1.54) is 29.3 Å². The molecule has 0 aliphatic carbocycles. The number of nitrogens with one attached hydrogen (secondary N) is 1. The molecule has 5 rings (SSSR count). The molecule has 5 heterocycles. The summed E-state index contributed by atoms with van der Waals surface area (Å²) in [6.07, 6.45) is 4.23. The van der Waals surface area contributed by atoms with Gasteiger partial charge in [0.25, 0.3) is 5.92 Å². The number of nitrogens with two attached hydrogens (primary N) is 1. The van der Waals surface area contributed by atoms with Crippen molar-refractivity contribution in [1.82, 2.24) is 29.3 Å². The molecule has 3 N–H and O–H groups in total. The molecular weight excluding hydrogens is 512 g/mol. The molecule has 0 bridgehead atoms. The number of methoxy groups -OCH3 is 1. The molecule has 39 heavy (non-hydrogen) atoms. The molecule has 12 nitrogen and oxygen atoms in total. The van der Waals surface area contributed by atoms with E-state index in [2.05, 4.69) is 31.4 Å². The Morgan fingerprint density at radius 2 is 2.13 bits per heavy atom. The van der Waals surface area contributed by atoms with Crippen LogP contribution in [0.25, 0.3) is 16.9 Å². The minimum atomic E-state index is -2.94. The molecule has 0 spiro atoms. The van der Waals surface area contributed by atoms with Crippen LogP contribution in [0.3, 0.4) is 0 Å². The third-order valence-corrected chi connectivity index (χ3v) is 6.15. The number of pyridine rings is 2. The number of nitrogens with zero attached hydrogens (tertiary/aromatic N) is 7. The maximum Gasteiger partial charge on any atom is 0.289 e. The second-order valence-electron chi connectivity index (χ2n) is 8.70. The summed E-state index contributed by atoms with van der Waals surface area (Å²) >= 11 is 0. The van der Waals surface area contributed by atoms with Crippen molar-refractivity contribution >= 4 is 28.7 Å². The third-order valence-electron chi connectivity index (χ3n) is 6.15. The lowest BCUT2D eigenvalue weighted by molar-refractivity contribution is -0.0364. The summed E-state index contributed by atoms with van der Waals surface area (Å²) in [5, 5.41) is 17.2. The Hall–Kier alpha value is -4.77. The van der Waals surface area contributed by atoms with E-state index in [1.54, 1.807) is 30.9 Å². The first-order valence-corrected chi connectivity index (χ1v) is 12.0. The van der Waals surface area contributed by atoms with Gasteiger partial charge in [0.05, 0.1) is 19.0 Å². The highest BCUT2D eigenvalue weighted by molar-refractivity contribution is 5.84. The number of halogens is 2. The van der Waals surface area contributed by atoms with Crippen LogP contribution in [0.1, 0.15) is 29.8 Å². The predicted octanol–water partition coefficient (Wildman–Crippen LogP) is 3.42. The molecule has 1 aliphatic heterocycles. The molecule has 0 radical (unpaired) electrons. The van der Waals surface area contributed by atoms with E-state index in [4.69, 9.17) is 19.9 Å². The summed E-state index contributed by atoms with van der Waals surface area (Å²) in [6, 6.07) is 6.82. The Kier molecular flexibility index (Phi) is 6.99. The summed E-state index contributed by atoms with van der Waals surface area (Å²) in [5.74, 6) is -1.58. The van der Waals surface area contributed by atoms with E-state index in [0.717, 1.165) is 0 Å². The van der Waals surface area contributed by atoms with Gasteiger partial charge in [-0.15, -0.1) is 0 Å². The number of fused-ring (bicyclic) bond motifs is 2. The number of nitriles is 1. The number of aromatic nitrogens is 6. The van der Waals surface area contributed by atoms with Crippen LogP contribution in [0.2, 0.25) is 0 Å². The maximum absolute atomic E-state index is 14.3. The molecule has 202 valence electrons. The maximum atomic E-state index is 14.3. The number of rotatable bonds is 9. The number of ether oxygens (including phenoxy) is 3. The minimum absolute atomic E-state index is 0.135. The first-order chi connectivity index (χ1) is 18.8. The van der Waals surface area contributed by atoms with Crippen molar-refractivity contribution in [2.24, 2.45) is 12.8 Å². The predicted molar refractivity (Wildman–Crippen MR) is 136 cm³/mol. The van der Waals surface area contributed by atoms with Crippen molar-refractivity contribution in [1.29, 1.82) is 5.26 Å². The van der Waals surface area contributed by atoms with Gasteiger partial charge in [-0.1, -0.05) is 0 Å². The minimum Gasteiger partial charge on any atom is -0.490 e. The highest BCUT2D eigenvalue weighted by Crippen LogP contribution is 2.38. The summed E-state index contributed by atoms with van der Waals surface area (Å²) in [7, 11) is 3.25. The Balaban J connectivity index is 1.41. The van der Waals surface area contributed by atoms with Gasteiger partial charge in [-0.25, -0.2) is 9.97 Å². The fourth-order valence-electron chi connectivity index (χ4n) is 4.23. The summed E-state index contributed by atoms with van der Waals surface area (Å²) in [4.78, 5) is 13.1. The second-order valence-corrected chi connectivity index (χ2v) is 8.70. The van der Waals surface area contributed by atoms with Gasteiger partial charge in [0, 0.05) is 39.4 Å². The Bertz CT molecular complexity index is 1570. The molecule has 4 aromatic heterocycles. The van der Waals surface area contributed by atoms with Gasteiger partial charge < -0.3 is 29.8 Å². The van der Waals surface area contributed by atoms with Crippen molar-refractivity contribution in [3.05, 3.63) is 53.7 Å². The lowest BCUT2D eigenvalue weighted by atomic mass is 10.1. The van der Waals surface area contributed by atoms with Crippen molar-refractivity contribution in [2.45, 2.75) is 25.3 Å². The molecular formula is C25H25F2N9O3. The van der Waals surface area contributed by atoms with Gasteiger partial charge in [-0.05, 0) is 18.6 Å². The fourth-order valence-corrected chi connectivity index (χ4v) is 4.23. The molecule has 0 unspecified atom stereocenters. The number of hydrogen-bond donors (Lipinski definition) is 2. The first kappa shape index (κ1) is 25.9. The highest BCUT2D eigenvalue weighted by atomic mass is 19.3. The normalized spacial score (nSPS) is 14.6. The van der Waals surface area contributed by atoms with Crippen molar-refractivity contribution < 1.29 is 23.0 Å². The van der Waals surface area contributed by atoms with Gasteiger partial charge in [-0.2, -0.15) is 24.1 Å². The molecule has 0 saturated carbocycles. The van der Waals surface area contributed by atoms with Crippen LogP contribution >= 0.6 is 0 Å². The molecule has 0 amide bonds. The van der Waals surface area contributed by atoms with Crippen LogP contribution in [0.5, 0.6) is 11.5 Å². The van der Waals surface area contributed by atoms with Gasteiger partial charge in [-0.3, -0.25) is 4.68 Å². The molecule has 0 atom stereocenters. The summed E-state index contributed by atoms with van der Waals surface area (Å²) in [5.41, 5.74) is 6.85. The molecule has 14 heteroatoms. The monoisotopic (exact) mass is 537 g/mol. The SMILES string of the molecule is COCCOc1ccc(/C(=C\N)Oc2cnc3nc(Nc4cc5n(n4)CCCC5(F)F)n(C)c3c2C#N)nc1. The van der Waals surface area contributed by atoms with E-state index in [0.29, 0.717) is 43.1 Å². The number of hydrogen-bond acceptors (Lipinski definition) is 10. The zero-order valence-corrected chi connectivity index (χ0v) is 21.2. The smallest absolute Gasteiger partial charge is 0.289 e. The molecule has 0 fully saturated rings. The number of imidazole rings is 1. The number of anilines is 2. The van der Waals surface area contributed by atoms with Crippen molar-refractivity contribution in [3.63, 3.8) is 0 Å². The average Bonchev–Trinajstić information content (AvgIpc) is 3.49. The van der Waals surface area contributed by atoms with Crippen LogP contribution in [0, 0.1) is 11.3 Å². The van der Waals surface area contributed by atoms with Crippen molar-refractivity contribution in [2.75, 3.05) is 25.6 Å². The number of aryl methyl sites for hydroxylation is 2. The zero-order chi connectivity index (χ0) is 27.6. The quantitative estimate of drug-likeness (QED) is 0.240. The van der Waals surface area contributed by atoms with Gasteiger partial charge in [0.2, 0.25) is 5.95 Å². The fraction of sp³-hybridized carbons (Fsp3) is 0.320. The summed E-state index contributed by atoms with van der Waals surface area (Å²) < 4.78 is 47.9.